The number of carbonyl (C=O) groups excluding carboxylic acids is 1. The molecule has 8 nitrogen and oxygen atoms in total. The second-order valence-electron chi connectivity index (χ2n) is 4.72. The third-order valence-electron chi connectivity index (χ3n) is 3.13. The van der Waals surface area contributed by atoms with Gasteiger partial charge in [0.05, 0.1) is 13.1 Å². The molecule has 0 spiro atoms. The van der Waals surface area contributed by atoms with Crippen molar-refractivity contribution < 1.29 is 14.7 Å². The maximum Gasteiger partial charge on any atom is 0.317 e. The number of aryl methyl sites for hydroxylation is 1. The molecule has 104 valence electrons. The lowest BCUT2D eigenvalue weighted by molar-refractivity contribution is -0.138. The monoisotopic (exact) mass is 267 g/mol. The molecule has 0 aliphatic carbocycles. The Labute approximate surface area is 110 Å². The quantitative estimate of drug-likeness (QED) is 0.767. The number of nitrogens with one attached hydrogen (secondary N) is 1. The Morgan fingerprint density at radius 3 is 2.95 bits per heavy atom. The molecule has 1 aromatic rings. The molecule has 1 atom stereocenters. The molecular weight excluding hydrogens is 250 g/mol. The Hall–Kier alpha value is -1.96. The Bertz CT molecular complexity index is 499. The van der Waals surface area contributed by atoms with Crippen molar-refractivity contribution in [2.45, 2.75) is 32.4 Å². The van der Waals surface area contributed by atoms with Gasteiger partial charge in [0.25, 0.3) is 0 Å². The van der Waals surface area contributed by atoms with Crippen LogP contribution in [0, 0.1) is 0 Å². The SMILES string of the molecule is CC(=O)Nc1nc2n(n1)CC(N(C)CC(=O)O)CC2. The van der Waals surface area contributed by atoms with Gasteiger partial charge in [-0.1, -0.05) is 0 Å². The summed E-state index contributed by atoms with van der Waals surface area (Å²) in [6.45, 7) is 2.00. The number of aromatic nitrogens is 3. The van der Waals surface area contributed by atoms with Crippen molar-refractivity contribution in [3.63, 3.8) is 0 Å². The molecule has 0 saturated carbocycles. The van der Waals surface area contributed by atoms with Crippen molar-refractivity contribution in [3.8, 4) is 0 Å². The van der Waals surface area contributed by atoms with Crippen LogP contribution in [0.2, 0.25) is 0 Å². The van der Waals surface area contributed by atoms with Gasteiger partial charge < -0.3 is 5.11 Å². The van der Waals surface area contributed by atoms with E-state index in [9.17, 15) is 9.59 Å². The van der Waals surface area contributed by atoms with Gasteiger partial charge in [-0.2, -0.15) is 4.98 Å². The zero-order valence-corrected chi connectivity index (χ0v) is 11.0. The first-order valence-corrected chi connectivity index (χ1v) is 6.09. The van der Waals surface area contributed by atoms with Crippen LogP contribution < -0.4 is 5.32 Å². The minimum Gasteiger partial charge on any atom is -0.480 e. The van der Waals surface area contributed by atoms with Gasteiger partial charge in [-0.15, -0.1) is 5.10 Å². The Kier molecular flexibility index (Phi) is 3.79. The molecule has 1 amide bonds. The van der Waals surface area contributed by atoms with Crippen molar-refractivity contribution >= 4 is 17.8 Å². The lowest BCUT2D eigenvalue weighted by atomic mass is 10.1. The number of carboxylic acids is 1. The number of fused-ring (bicyclic) bond motifs is 1. The van der Waals surface area contributed by atoms with Crippen molar-refractivity contribution in [2.75, 3.05) is 18.9 Å². The van der Waals surface area contributed by atoms with Crippen LogP contribution in [0.1, 0.15) is 19.2 Å². The highest BCUT2D eigenvalue weighted by molar-refractivity contribution is 5.86. The molecule has 2 heterocycles. The largest absolute Gasteiger partial charge is 0.480 e. The van der Waals surface area contributed by atoms with Crippen LogP contribution in [-0.2, 0) is 22.6 Å². The first kappa shape index (κ1) is 13.5. The van der Waals surface area contributed by atoms with E-state index in [1.54, 1.807) is 16.6 Å². The number of carboxylic acid groups (broad SMARTS) is 1. The van der Waals surface area contributed by atoms with E-state index in [-0.39, 0.29) is 18.5 Å². The summed E-state index contributed by atoms with van der Waals surface area (Å²) < 4.78 is 1.73. The molecule has 2 rings (SSSR count). The Balaban J connectivity index is 2.04. The number of anilines is 1. The number of carbonyl (C=O) groups is 2. The summed E-state index contributed by atoms with van der Waals surface area (Å²) in [5, 5.41) is 15.5. The Morgan fingerprint density at radius 2 is 2.32 bits per heavy atom. The average molecular weight is 267 g/mol. The van der Waals surface area contributed by atoms with Gasteiger partial charge in [0.1, 0.15) is 5.82 Å². The number of amides is 1. The summed E-state index contributed by atoms with van der Waals surface area (Å²) >= 11 is 0. The molecule has 1 aliphatic heterocycles. The van der Waals surface area contributed by atoms with Crippen molar-refractivity contribution in [2.24, 2.45) is 0 Å². The molecule has 1 unspecified atom stereocenters. The van der Waals surface area contributed by atoms with Crippen LogP contribution in [0.4, 0.5) is 5.95 Å². The van der Waals surface area contributed by atoms with Crippen LogP contribution in [0.15, 0.2) is 0 Å². The molecule has 19 heavy (non-hydrogen) atoms. The third kappa shape index (κ3) is 3.28. The minimum absolute atomic E-state index is 0.00719. The maximum absolute atomic E-state index is 10.9. The molecule has 0 saturated heterocycles. The lowest BCUT2D eigenvalue weighted by Gasteiger charge is -2.29. The normalized spacial score (nSPS) is 18.2. The van der Waals surface area contributed by atoms with E-state index >= 15 is 0 Å². The molecular formula is C11H17N5O3. The number of hydrogen-bond acceptors (Lipinski definition) is 5. The summed E-state index contributed by atoms with van der Waals surface area (Å²) in [5.74, 6) is 0.0843. The minimum atomic E-state index is -0.842. The van der Waals surface area contributed by atoms with Gasteiger partial charge in [-0.25, -0.2) is 4.68 Å². The number of rotatable bonds is 4. The van der Waals surface area contributed by atoms with Crippen molar-refractivity contribution in [1.82, 2.24) is 19.7 Å². The van der Waals surface area contributed by atoms with Crippen molar-refractivity contribution in [1.29, 1.82) is 0 Å². The van der Waals surface area contributed by atoms with E-state index in [0.717, 1.165) is 18.7 Å². The fourth-order valence-corrected chi connectivity index (χ4v) is 2.20. The van der Waals surface area contributed by atoms with E-state index in [4.69, 9.17) is 5.11 Å². The number of likely N-dealkylation sites (N-methyl/N-ethyl adjacent to an activating group) is 1. The van der Waals surface area contributed by atoms with Gasteiger partial charge >= 0.3 is 5.97 Å². The summed E-state index contributed by atoms with van der Waals surface area (Å²) in [6, 6.07) is 0.121. The lowest BCUT2D eigenvalue weighted by Crippen LogP contribution is -2.41. The highest BCUT2D eigenvalue weighted by atomic mass is 16.4. The number of nitrogens with zero attached hydrogens (tertiary/aromatic N) is 4. The van der Waals surface area contributed by atoms with E-state index in [1.165, 1.54) is 6.92 Å². The zero-order valence-electron chi connectivity index (χ0n) is 11.0. The maximum atomic E-state index is 10.9. The number of aliphatic carboxylic acids is 1. The fourth-order valence-electron chi connectivity index (χ4n) is 2.20. The first-order valence-electron chi connectivity index (χ1n) is 6.09. The molecule has 8 heteroatoms. The first-order chi connectivity index (χ1) is 8.95. The van der Waals surface area contributed by atoms with E-state index in [0.29, 0.717) is 12.5 Å². The topological polar surface area (TPSA) is 100 Å². The summed E-state index contributed by atoms with van der Waals surface area (Å²) in [7, 11) is 1.79. The third-order valence-corrected chi connectivity index (χ3v) is 3.13. The Morgan fingerprint density at radius 1 is 1.58 bits per heavy atom. The van der Waals surface area contributed by atoms with Crippen LogP contribution in [0.25, 0.3) is 0 Å². The van der Waals surface area contributed by atoms with Gasteiger partial charge in [0.2, 0.25) is 11.9 Å². The van der Waals surface area contributed by atoms with Crippen LogP contribution >= 0.6 is 0 Å². The van der Waals surface area contributed by atoms with Crippen molar-refractivity contribution in [3.05, 3.63) is 5.82 Å². The number of hydrogen-bond donors (Lipinski definition) is 2. The van der Waals surface area contributed by atoms with Gasteiger partial charge in [-0.05, 0) is 13.5 Å². The van der Waals surface area contributed by atoms with Gasteiger partial charge in [0.15, 0.2) is 0 Å². The van der Waals surface area contributed by atoms with Crippen LogP contribution in [-0.4, -0.2) is 56.3 Å². The van der Waals surface area contributed by atoms with E-state index in [1.807, 2.05) is 0 Å². The molecule has 1 aliphatic rings. The smallest absolute Gasteiger partial charge is 0.317 e. The predicted molar refractivity (Wildman–Crippen MR) is 66.7 cm³/mol. The highest BCUT2D eigenvalue weighted by Crippen LogP contribution is 2.18. The summed E-state index contributed by atoms with van der Waals surface area (Å²) in [6.07, 6.45) is 1.56. The summed E-state index contributed by atoms with van der Waals surface area (Å²) in [4.78, 5) is 27.7. The molecule has 1 aromatic heterocycles. The zero-order chi connectivity index (χ0) is 14.0. The highest BCUT2D eigenvalue weighted by Gasteiger charge is 2.25. The molecule has 0 bridgehead atoms. The molecule has 2 N–H and O–H groups in total. The summed E-state index contributed by atoms with van der Waals surface area (Å²) in [5.41, 5.74) is 0. The molecule has 0 radical (unpaired) electrons. The second-order valence-corrected chi connectivity index (χ2v) is 4.72. The van der Waals surface area contributed by atoms with Crippen LogP contribution in [0.5, 0.6) is 0 Å². The average Bonchev–Trinajstić information content (AvgIpc) is 2.67. The van der Waals surface area contributed by atoms with Gasteiger partial charge in [0, 0.05) is 19.4 Å². The van der Waals surface area contributed by atoms with Gasteiger partial charge in [-0.3, -0.25) is 19.8 Å². The second kappa shape index (κ2) is 5.35. The predicted octanol–water partition coefficient (Wildman–Crippen LogP) is -0.432. The molecule has 0 fully saturated rings. The van der Waals surface area contributed by atoms with Crippen LogP contribution in [0.3, 0.4) is 0 Å². The van der Waals surface area contributed by atoms with E-state index in [2.05, 4.69) is 15.4 Å². The fraction of sp³-hybridized carbons (Fsp3) is 0.636. The molecule has 0 aromatic carbocycles. The van der Waals surface area contributed by atoms with E-state index < -0.39 is 5.97 Å². The standard InChI is InChI=1S/C11H17N5O3/c1-7(17)12-11-13-9-4-3-8(5-16(9)14-11)15(2)6-10(18)19/h8H,3-6H2,1-2H3,(H,18,19)(H,12,14,17).